The Morgan fingerprint density at radius 3 is 2.48 bits per heavy atom. The predicted molar refractivity (Wildman–Crippen MR) is 99.9 cm³/mol. The van der Waals surface area contributed by atoms with E-state index in [4.69, 9.17) is 0 Å². The number of hydrogen-bond donors (Lipinski definition) is 1. The Hall–Kier alpha value is -3.06. The molecule has 1 saturated heterocycles. The summed E-state index contributed by atoms with van der Waals surface area (Å²) in [4.78, 5) is 15.9. The van der Waals surface area contributed by atoms with Crippen molar-refractivity contribution >= 4 is 5.91 Å². The second-order valence-corrected chi connectivity index (χ2v) is 6.80. The fourth-order valence-corrected chi connectivity index (χ4v) is 3.55. The molecule has 1 aromatic heterocycles. The number of benzene rings is 2. The Labute approximate surface area is 157 Å². The number of carbonyl (C=O) groups is 1. The summed E-state index contributed by atoms with van der Waals surface area (Å²) in [6.45, 7) is 0.967. The third kappa shape index (κ3) is 3.59. The lowest BCUT2D eigenvalue weighted by atomic mass is 9.87. The van der Waals surface area contributed by atoms with Gasteiger partial charge in [0.25, 0.3) is 5.91 Å². The zero-order chi connectivity index (χ0) is 18.8. The van der Waals surface area contributed by atoms with Crippen molar-refractivity contribution in [3.8, 4) is 11.4 Å². The number of carbonyl (C=O) groups excluding carboxylic acids is 1. The minimum absolute atomic E-state index is 0.0698. The molecule has 1 amide bonds. The molecule has 1 aliphatic heterocycles. The highest BCUT2D eigenvalue weighted by Crippen LogP contribution is 2.29. The number of aliphatic hydroxyl groups excluding tert-OH is 1. The Bertz CT molecular complexity index is 923. The van der Waals surface area contributed by atoms with Crippen LogP contribution < -0.4 is 0 Å². The van der Waals surface area contributed by atoms with Crippen LogP contribution >= 0.6 is 0 Å². The second-order valence-electron chi connectivity index (χ2n) is 6.80. The number of aliphatic hydroxyl groups is 1. The van der Waals surface area contributed by atoms with Crippen molar-refractivity contribution in [1.29, 1.82) is 0 Å². The van der Waals surface area contributed by atoms with Crippen LogP contribution in [0.15, 0.2) is 54.6 Å². The number of β-amino-alcohol motifs (C(OH)–C–C–N with tert-alkyl or cyclic N) is 1. The summed E-state index contributed by atoms with van der Waals surface area (Å²) in [7, 11) is 1.71. The summed E-state index contributed by atoms with van der Waals surface area (Å²) >= 11 is 0. The summed E-state index contributed by atoms with van der Waals surface area (Å²) in [6.07, 6.45) is 0.187. The number of rotatable bonds is 3. The monoisotopic (exact) mass is 363 g/mol. The van der Waals surface area contributed by atoms with Gasteiger partial charge < -0.3 is 10.0 Å². The van der Waals surface area contributed by atoms with E-state index in [-0.39, 0.29) is 11.8 Å². The number of nitrogens with zero attached hydrogens (tertiary/aromatic N) is 5. The number of tetrazole rings is 1. The number of likely N-dealkylation sites (tertiary alicyclic amines) is 1. The van der Waals surface area contributed by atoms with Gasteiger partial charge in [-0.1, -0.05) is 42.5 Å². The number of hydrogen-bond acceptors (Lipinski definition) is 5. The summed E-state index contributed by atoms with van der Waals surface area (Å²) in [5.74, 6) is 0.523. The highest BCUT2D eigenvalue weighted by atomic mass is 16.3. The van der Waals surface area contributed by atoms with E-state index in [1.54, 1.807) is 24.1 Å². The van der Waals surface area contributed by atoms with Crippen LogP contribution in [-0.4, -0.2) is 55.3 Å². The van der Waals surface area contributed by atoms with Crippen molar-refractivity contribution in [2.24, 2.45) is 7.05 Å². The molecule has 1 N–H and O–H groups in total. The highest BCUT2D eigenvalue weighted by Gasteiger charge is 2.31. The molecule has 2 aromatic carbocycles. The van der Waals surface area contributed by atoms with Crippen molar-refractivity contribution in [1.82, 2.24) is 25.1 Å². The molecule has 0 radical (unpaired) electrons. The maximum Gasteiger partial charge on any atom is 0.253 e. The van der Waals surface area contributed by atoms with Gasteiger partial charge in [-0.3, -0.25) is 4.79 Å². The molecule has 0 saturated carbocycles. The van der Waals surface area contributed by atoms with Gasteiger partial charge in [0.15, 0.2) is 0 Å². The van der Waals surface area contributed by atoms with Crippen LogP contribution in [0.2, 0.25) is 0 Å². The second kappa shape index (κ2) is 7.28. The van der Waals surface area contributed by atoms with E-state index >= 15 is 0 Å². The van der Waals surface area contributed by atoms with Crippen molar-refractivity contribution in [2.45, 2.75) is 18.4 Å². The average molecular weight is 363 g/mol. The van der Waals surface area contributed by atoms with Gasteiger partial charge in [0.2, 0.25) is 5.82 Å². The molecule has 0 aliphatic carbocycles. The number of piperidine rings is 1. The van der Waals surface area contributed by atoms with Gasteiger partial charge in [-0.05, 0) is 29.3 Å². The first-order valence-electron chi connectivity index (χ1n) is 8.98. The molecular formula is C20H21N5O2. The summed E-state index contributed by atoms with van der Waals surface area (Å²) < 4.78 is 0. The first kappa shape index (κ1) is 17.4. The molecule has 0 bridgehead atoms. The lowest BCUT2D eigenvalue weighted by Crippen LogP contribution is -2.45. The van der Waals surface area contributed by atoms with Gasteiger partial charge in [-0.2, -0.15) is 4.80 Å². The number of aryl methyl sites for hydroxylation is 1. The van der Waals surface area contributed by atoms with Crippen LogP contribution in [0.5, 0.6) is 0 Å². The molecule has 1 aliphatic rings. The van der Waals surface area contributed by atoms with Crippen LogP contribution in [0, 0.1) is 0 Å². The smallest absolute Gasteiger partial charge is 0.253 e. The molecular weight excluding hydrogens is 342 g/mol. The molecule has 1 fully saturated rings. The Morgan fingerprint density at radius 2 is 1.85 bits per heavy atom. The summed E-state index contributed by atoms with van der Waals surface area (Å²) in [6, 6.07) is 17.2. The van der Waals surface area contributed by atoms with Gasteiger partial charge in [0, 0.05) is 30.1 Å². The zero-order valence-electron chi connectivity index (χ0n) is 15.1. The lowest BCUT2D eigenvalue weighted by molar-refractivity contribution is 0.0382. The maximum atomic E-state index is 12.8. The molecule has 7 heteroatoms. The van der Waals surface area contributed by atoms with Crippen molar-refractivity contribution in [3.63, 3.8) is 0 Å². The molecule has 138 valence electrons. The first-order valence-corrected chi connectivity index (χ1v) is 8.98. The van der Waals surface area contributed by atoms with Gasteiger partial charge >= 0.3 is 0 Å². The van der Waals surface area contributed by atoms with E-state index in [2.05, 4.69) is 15.4 Å². The van der Waals surface area contributed by atoms with Crippen molar-refractivity contribution < 1.29 is 9.90 Å². The fraction of sp³-hybridized carbons (Fsp3) is 0.300. The van der Waals surface area contributed by atoms with Crippen LogP contribution in [0.25, 0.3) is 11.4 Å². The highest BCUT2D eigenvalue weighted by molar-refractivity contribution is 5.94. The van der Waals surface area contributed by atoms with E-state index in [1.165, 1.54) is 4.80 Å². The minimum Gasteiger partial charge on any atom is -0.391 e. The molecule has 0 spiro atoms. The van der Waals surface area contributed by atoms with E-state index < -0.39 is 6.10 Å². The molecule has 7 nitrogen and oxygen atoms in total. The van der Waals surface area contributed by atoms with Crippen LogP contribution in [0.1, 0.15) is 28.3 Å². The Kier molecular flexibility index (Phi) is 4.68. The van der Waals surface area contributed by atoms with Crippen molar-refractivity contribution in [3.05, 3.63) is 65.7 Å². The molecule has 2 atom stereocenters. The number of amides is 1. The fourth-order valence-electron chi connectivity index (χ4n) is 3.55. The molecule has 2 heterocycles. The van der Waals surface area contributed by atoms with Crippen LogP contribution in [0.3, 0.4) is 0 Å². The summed E-state index contributed by atoms with van der Waals surface area (Å²) in [5.41, 5.74) is 2.52. The van der Waals surface area contributed by atoms with Crippen molar-refractivity contribution in [2.75, 3.05) is 13.1 Å². The predicted octanol–water partition coefficient (Wildman–Crippen LogP) is 1.87. The zero-order valence-corrected chi connectivity index (χ0v) is 15.1. The van der Waals surface area contributed by atoms with Crippen LogP contribution in [0.4, 0.5) is 0 Å². The molecule has 0 unspecified atom stereocenters. The SMILES string of the molecule is Cn1nnc(-c2ccc(C(=O)N3CC[C@@H](c4ccccc4)[C@H](O)C3)cc2)n1. The van der Waals surface area contributed by atoms with Crippen LogP contribution in [-0.2, 0) is 7.05 Å². The minimum atomic E-state index is -0.562. The van der Waals surface area contributed by atoms with Gasteiger partial charge in [0.05, 0.1) is 13.2 Å². The normalized spacial score (nSPS) is 19.9. The largest absolute Gasteiger partial charge is 0.391 e. The first-order chi connectivity index (χ1) is 13.1. The van der Waals surface area contributed by atoms with Gasteiger partial charge in [0.1, 0.15) is 0 Å². The molecule has 27 heavy (non-hydrogen) atoms. The van der Waals surface area contributed by atoms with E-state index in [0.717, 1.165) is 17.5 Å². The third-order valence-corrected chi connectivity index (χ3v) is 5.00. The van der Waals surface area contributed by atoms with Gasteiger partial charge in [-0.25, -0.2) is 0 Å². The Balaban J connectivity index is 1.44. The standard InChI is InChI=1S/C20H21N5O2/c1-24-22-19(21-23-24)15-7-9-16(10-8-15)20(27)25-12-11-17(18(26)13-25)14-5-3-2-4-6-14/h2-10,17-18,26H,11-13H2,1H3/t17-,18+/m0/s1. The van der Waals surface area contributed by atoms with Gasteiger partial charge in [-0.15, -0.1) is 10.2 Å². The maximum absolute atomic E-state index is 12.8. The molecule has 4 rings (SSSR count). The topological polar surface area (TPSA) is 84.1 Å². The van der Waals surface area contributed by atoms with E-state index in [1.807, 2.05) is 42.5 Å². The van der Waals surface area contributed by atoms with E-state index in [0.29, 0.717) is 24.5 Å². The quantitative estimate of drug-likeness (QED) is 0.768. The lowest BCUT2D eigenvalue weighted by Gasteiger charge is -2.36. The molecule has 3 aromatic rings. The third-order valence-electron chi connectivity index (χ3n) is 5.00. The summed E-state index contributed by atoms with van der Waals surface area (Å²) in [5, 5.41) is 22.5. The average Bonchev–Trinajstić information content (AvgIpc) is 3.14. The Morgan fingerprint density at radius 1 is 1.11 bits per heavy atom. The van der Waals surface area contributed by atoms with E-state index in [9.17, 15) is 9.90 Å². The number of aromatic nitrogens is 4.